The lowest BCUT2D eigenvalue weighted by atomic mass is 10.1. The van der Waals surface area contributed by atoms with E-state index >= 15 is 0 Å². The fourth-order valence-electron chi connectivity index (χ4n) is 2.25. The fourth-order valence-corrected chi connectivity index (χ4v) is 2.25. The van der Waals surface area contributed by atoms with Gasteiger partial charge < -0.3 is 10.6 Å². The van der Waals surface area contributed by atoms with Crippen molar-refractivity contribution in [1.29, 1.82) is 0 Å². The van der Waals surface area contributed by atoms with Crippen molar-refractivity contribution >= 4 is 11.6 Å². The number of hydrogen-bond donors (Lipinski definition) is 2. The molecule has 0 aliphatic carbocycles. The van der Waals surface area contributed by atoms with Crippen LogP contribution in [0.25, 0.3) is 0 Å². The lowest BCUT2D eigenvalue weighted by Crippen LogP contribution is -2.48. The summed E-state index contributed by atoms with van der Waals surface area (Å²) in [6.45, 7) is 6.21. The maximum absolute atomic E-state index is 11.9. The van der Waals surface area contributed by atoms with Crippen molar-refractivity contribution in [2.45, 2.75) is 19.4 Å². The number of piperazine rings is 1. The minimum absolute atomic E-state index is 0.0900. The predicted molar refractivity (Wildman–Crippen MR) is 73.6 cm³/mol. The number of para-hydroxylation sites is 1. The van der Waals surface area contributed by atoms with Gasteiger partial charge in [0, 0.05) is 44.3 Å². The van der Waals surface area contributed by atoms with E-state index in [2.05, 4.69) is 22.5 Å². The summed E-state index contributed by atoms with van der Waals surface area (Å²) in [5.74, 6) is 0.0900. The first-order chi connectivity index (χ1) is 8.75. The number of anilines is 1. The molecule has 1 atom stereocenters. The molecule has 4 nitrogen and oxygen atoms in total. The molecule has 0 spiro atoms. The van der Waals surface area contributed by atoms with Crippen LogP contribution in [0, 0.1) is 0 Å². The molecule has 0 saturated carbocycles. The summed E-state index contributed by atoms with van der Waals surface area (Å²) in [6.07, 6.45) is 0.550. The van der Waals surface area contributed by atoms with Gasteiger partial charge in [-0.3, -0.25) is 9.69 Å². The minimum atomic E-state index is 0.0900. The minimum Gasteiger partial charge on any atom is -0.326 e. The third-order valence-electron chi connectivity index (χ3n) is 3.31. The van der Waals surface area contributed by atoms with Gasteiger partial charge in [0.1, 0.15) is 0 Å². The predicted octanol–water partition coefficient (Wildman–Crippen LogP) is 1.31. The first kappa shape index (κ1) is 13.1. The normalized spacial score (nSPS) is 18.3. The van der Waals surface area contributed by atoms with E-state index in [0.717, 1.165) is 31.9 Å². The zero-order valence-corrected chi connectivity index (χ0v) is 10.9. The van der Waals surface area contributed by atoms with E-state index in [1.807, 2.05) is 30.3 Å². The Morgan fingerprint density at radius 1 is 1.33 bits per heavy atom. The van der Waals surface area contributed by atoms with Crippen LogP contribution in [0.3, 0.4) is 0 Å². The molecule has 0 radical (unpaired) electrons. The monoisotopic (exact) mass is 247 g/mol. The number of nitrogens with zero attached hydrogens (tertiary/aromatic N) is 1. The van der Waals surface area contributed by atoms with E-state index in [0.29, 0.717) is 12.5 Å². The molecule has 1 fully saturated rings. The Labute approximate surface area is 108 Å². The average molecular weight is 247 g/mol. The topological polar surface area (TPSA) is 44.4 Å². The average Bonchev–Trinajstić information content (AvgIpc) is 2.40. The Kier molecular flexibility index (Phi) is 4.73. The van der Waals surface area contributed by atoms with E-state index < -0.39 is 0 Å². The Morgan fingerprint density at radius 2 is 2.00 bits per heavy atom. The van der Waals surface area contributed by atoms with Crippen LogP contribution in [-0.4, -0.2) is 43.0 Å². The van der Waals surface area contributed by atoms with E-state index in [4.69, 9.17) is 0 Å². The molecule has 18 heavy (non-hydrogen) atoms. The lowest BCUT2D eigenvalue weighted by Gasteiger charge is -2.32. The molecule has 1 aliphatic rings. The van der Waals surface area contributed by atoms with Gasteiger partial charge in [0.2, 0.25) is 5.91 Å². The van der Waals surface area contributed by atoms with Gasteiger partial charge in [0.25, 0.3) is 0 Å². The summed E-state index contributed by atoms with van der Waals surface area (Å²) >= 11 is 0. The molecule has 1 aromatic rings. The van der Waals surface area contributed by atoms with Crippen LogP contribution in [0.15, 0.2) is 30.3 Å². The highest BCUT2D eigenvalue weighted by Crippen LogP contribution is 2.09. The number of rotatable bonds is 4. The number of amides is 1. The molecule has 0 bridgehead atoms. The fraction of sp³-hybridized carbons (Fsp3) is 0.500. The van der Waals surface area contributed by atoms with Crippen molar-refractivity contribution in [1.82, 2.24) is 10.2 Å². The molecule has 1 amide bonds. The number of carbonyl (C=O) groups excluding carboxylic acids is 1. The first-order valence-corrected chi connectivity index (χ1v) is 6.55. The summed E-state index contributed by atoms with van der Waals surface area (Å²) in [7, 11) is 0. The van der Waals surface area contributed by atoms with Crippen LogP contribution in [0.5, 0.6) is 0 Å². The molecule has 2 rings (SSSR count). The standard InChI is InChI=1S/C14H21N3O/c1-12(17-9-7-15-8-10-17)11-14(18)16-13-5-3-2-4-6-13/h2-6,12,15H,7-11H2,1H3,(H,16,18). The summed E-state index contributed by atoms with van der Waals surface area (Å²) < 4.78 is 0. The van der Waals surface area contributed by atoms with E-state index in [-0.39, 0.29) is 5.91 Å². The van der Waals surface area contributed by atoms with Crippen molar-refractivity contribution < 1.29 is 4.79 Å². The highest BCUT2D eigenvalue weighted by molar-refractivity contribution is 5.90. The van der Waals surface area contributed by atoms with Gasteiger partial charge >= 0.3 is 0 Å². The maximum Gasteiger partial charge on any atom is 0.225 e. The van der Waals surface area contributed by atoms with Gasteiger partial charge in [0.15, 0.2) is 0 Å². The number of carbonyl (C=O) groups is 1. The molecule has 0 aromatic heterocycles. The molecule has 1 heterocycles. The third-order valence-corrected chi connectivity index (χ3v) is 3.31. The zero-order chi connectivity index (χ0) is 12.8. The van der Waals surface area contributed by atoms with Crippen LogP contribution < -0.4 is 10.6 Å². The van der Waals surface area contributed by atoms with Crippen molar-refractivity contribution in [3.63, 3.8) is 0 Å². The SMILES string of the molecule is CC(CC(=O)Nc1ccccc1)N1CCNCC1. The second-order valence-electron chi connectivity index (χ2n) is 4.75. The zero-order valence-electron chi connectivity index (χ0n) is 10.9. The van der Waals surface area contributed by atoms with Gasteiger partial charge in [-0.2, -0.15) is 0 Å². The molecule has 98 valence electrons. The maximum atomic E-state index is 11.9. The molecule has 1 aliphatic heterocycles. The van der Waals surface area contributed by atoms with Gasteiger partial charge in [-0.15, -0.1) is 0 Å². The molecular formula is C14H21N3O. The van der Waals surface area contributed by atoms with E-state index in [1.54, 1.807) is 0 Å². The second kappa shape index (κ2) is 6.52. The van der Waals surface area contributed by atoms with Crippen LogP contribution in [0.1, 0.15) is 13.3 Å². The Balaban J connectivity index is 1.79. The lowest BCUT2D eigenvalue weighted by molar-refractivity contribution is -0.117. The summed E-state index contributed by atoms with van der Waals surface area (Å²) in [6, 6.07) is 9.92. The molecule has 1 aromatic carbocycles. The van der Waals surface area contributed by atoms with Crippen LogP contribution in [0.2, 0.25) is 0 Å². The van der Waals surface area contributed by atoms with Crippen LogP contribution in [-0.2, 0) is 4.79 Å². The summed E-state index contributed by atoms with van der Waals surface area (Å²) in [5.41, 5.74) is 0.870. The summed E-state index contributed by atoms with van der Waals surface area (Å²) in [5, 5.41) is 6.25. The molecular weight excluding hydrogens is 226 g/mol. The van der Waals surface area contributed by atoms with Crippen LogP contribution in [0.4, 0.5) is 5.69 Å². The van der Waals surface area contributed by atoms with Crippen molar-refractivity contribution in [3.05, 3.63) is 30.3 Å². The first-order valence-electron chi connectivity index (χ1n) is 6.55. The molecule has 4 heteroatoms. The molecule has 2 N–H and O–H groups in total. The third kappa shape index (κ3) is 3.82. The Bertz CT molecular complexity index is 374. The number of nitrogens with one attached hydrogen (secondary N) is 2. The van der Waals surface area contributed by atoms with E-state index in [1.165, 1.54) is 0 Å². The van der Waals surface area contributed by atoms with E-state index in [9.17, 15) is 4.79 Å². The van der Waals surface area contributed by atoms with Gasteiger partial charge in [-0.1, -0.05) is 18.2 Å². The number of hydrogen-bond acceptors (Lipinski definition) is 3. The second-order valence-corrected chi connectivity index (χ2v) is 4.75. The number of benzene rings is 1. The van der Waals surface area contributed by atoms with Gasteiger partial charge in [-0.05, 0) is 19.1 Å². The van der Waals surface area contributed by atoms with Crippen LogP contribution >= 0.6 is 0 Å². The van der Waals surface area contributed by atoms with Crippen molar-refractivity contribution in [3.8, 4) is 0 Å². The molecule has 1 unspecified atom stereocenters. The van der Waals surface area contributed by atoms with Gasteiger partial charge in [-0.25, -0.2) is 0 Å². The summed E-state index contributed by atoms with van der Waals surface area (Å²) in [4.78, 5) is 14.3. The highest BCUT2D eigenvalue weighted by atomic mass is 16.1. The molecule has 1 saturated heterocycles. The highest BCUT2D eigenvalue weighted by Gasteiger charge is 2.18. The van der Waals surface area contributed by atoms with Crippen molar-refractivity contribution in [2.75, 3.05) is 31.5 Å². The Morgan fingerprint density at radius 3 is 2.67 bits per heavy atom. The van der Waals surface area contributed by atoms with Gasteiger partial charge in [0.05, 0.1) is 0 Å². The smallest absolute Gasteiger partial charge is 0.225 e. The quantitative estimate of drug-likeness (QED) is 0.843. The Hall–Kier alpha value is -1.39. The largest absolute Gasteiger partial charge is 0.326 e. The van der Waals surface area contributed by atoms with Crippen molar-refractivity contribution in [2.24, 2.45) is 0 Å².